The van der Waals surface area contributed by atoms with Gasteiger partial charge in [0.1, 0.15) is 5.58 Å². The number of hydrogen-bond donors (Lipinski definition) is 0. The molecule has 7 rings (SSSR count). The molecule has 3 heteroatoms. The third-order valence-electron chi connectivity index (χ3n) is 9.64. The van der Waals surface area contributed by atoms with Crippen LogP contribution in [0.25, 0.3) is 55.7 Å². The van der Waals surface area contributed by atoms with Gasteiger partial charge in [0.25, 0.3) is 0 Å². The molecule has 1 saturated carbocycles. The predicted octanol–water partition coefficient (Wildman–Crippen LogP) is 12.0. The Hall–Kier alpha value is -4.24. The molecule has 0 atom stereocenters. The van der Waals surface area contributed by atoms with E-state index in [1.165, 1.54) is 71.0 Å². The van der Waals surface area contributed by atoms with Crippen LogP contribution < -0.4 is 0 Å². The van der Waals surface area contributed by atoms with Crippen molar-refractivity contribution in [2.24, 2.45) is 0 Å². The fourth-order valence-electron chi connectivity index (χ4n) is 7.27. The summed E-state index contributed by atoms with van der Waals surface area (Å²) in [5.74, 6) is 1.33. The first kappa shape index (κ1) is 28.5. The van der Waals surface area contributed by atoms with Crippen molar-refractivity contribution in [2.75, 3.05) is 0 Å². The molecule has 3 aromatic heterocycles. The molecule has 1 aliphatic rings. The van der Waals surface area contributed by atoms with E-state index in [4.69, 9.17) is 14.4 Å². The number of aromatic nitrogens is 2. The first-order valence-electron chi connectivity index (χ1n) is 16.4. The molecule has 6 aromatic rings. The van der Waals surface area contributed by atoms with Crippen molar-refractivity contribution in [1.82, 2.24) is 9.97 Å². The monoisotopic (exact) mass is 578 g/mol. The quantitative estimate of drug-likeness (QED) is 0.197. The number of para-hydroxylation sites is 1. The van der Waals surface area contributed by atoms with Crippen LogP contribution in [0.5, 0.6) is 0 Å². The Morgan fingerprint density at radius 1 is 0.705 bits per heavy atom. The molecule has 3 nitrogen and oxygen atoms in total. The zero-order chi connectivity index (χ0) is 30.4. The molecule has 0 amide bonds. The molecule has 1 aliphatic carbocycles. The van der Waals surface area contributed by atoms with E-state index in [2.05, 4.69) is 120 Å². The number of fused-ring (bicyclic) bond motifs is 3. The Bertz CT molecular complexity index is 1930. The zero-order valence-corrected chi connectivity index (χ0v) is 26.7. The maximum absolute atomic E-state index is 6.63. The van der Waals surface area contributed by atoms with Crippen LogP contribution in [-0.2, 0) is 0 Å². The average Bonchev–Trinajstić information content (AvgIpc) is 3.43. The van der Waals surface area contributed by atoms with Gasteiger partial charge in [-0.3, -0.25) is 4.98 Å². The van der Waals surface area contributed by atoms with Crippen LogP contribution in [0.15, 0.2) is 89.5 Å². The first-order valence-corrected chi connectivity index (χ1v) is 16.4. The zero-order valence-electron chi connectivity index (χ0n) is 26.7. The van der Waals surface area contributed by atoms with E-state index in [1.807, 2.05) is 0 Å². The lowest BCUT2D eigenvalue weighted by molar-refractivity contribution is 0.441. The maximum Gasteiger partial charge on any atom is 0.227 e. The summed E-state index contributed by atoms with van der Waals surface area (Å²) in [4.78, 5) is 10.2. The van der Waals surface area contributed by atoms with Gasteiger partial charge in [-0.1, -0.05) is 102 Å². The number of rotatable bonds is 6. The Morgan fingerprint density at radius 3 is 2.11 bits per heavy atom. The summed E-state index contributed by atoms with van der Waals surface area (Å²) in [6, 6.07) is 28.4. The van der Waals surface area contributed by atoms with Crippen molar-refractivity contribution < 1.29 is 4.42 Å². The second-order valence-electron chi connectivity index (χ2n) is 13.3. The van der Waals surface area contributed by atoms with Crippen LogP contribution in [0.1, 0.15) is 99.8 Å². The normalized spacial score (nSPS) is 14.3. The van der Waals surface area contributed by atoms with Crippen LogP contribution >= 0.6 is 0 Å². The minimum atomic E-state index is 0.344. The molecule has 1 fully saturated rings. The van der Waals surface area contributed by atoms with Crippen molar-refractivity contribution in [2.45, 2.75) is 84.5 Å². The second-order valence-corrected chi connectivity index (χ2v) is 13.3. The summed E-state index contributed by atoms with van der Waals surface area (Å²) in [5.41, 5.74) is 13.6. The highest BCUT2D eigenvalue weighted by Gasteiger charge is 2.22. The van der Waals surface area contributed by atoms with Crippen molar-refractivity contribution in [3.05, 3.63) is 107 Å². The third-order valence-corrected chi connectivity index (χ3v) is 9.64. The van der Waals surface area contributed by atoms with Gasteiger partial charge in [0, 0.05) is 28.1 Å². The van der Waals surface area contributed by atoms with E-state index in [0.29, 0.717) is 23.5 Å². The minimum Gasteiger partial charge on any atom is -0.437 e. The van der Waals surface area contributed by atoms with Gasteiger partial charge >= 0.3 is 0 Å². The van der Waals surface area contributed by atoms with E-state index in [1.54, 1.807) is 0 Å². The Labute approximate surface area is 261 Å². The van der Waals surface area contributed by atoms with Crippen molar-refractivity contribution in [3.8, 4) is 33.6 Å². The van der Waals surface area contributed by atoms with Gasteiger partial charge in [0.15, 0.2) is 0 Å². The molecule has 3 aromatic carbocycles. The van der Waals surface area contributed by atoms with Gasteiger partial charge in [-0.2, -0.15) is 0 Å². The van der Waals surface area contributed by atoms with E-state index < -0.39 is 0 Å². The molecule has 3 heterocycles. The summed E-state index contributed by atoms with van der Waals surface area (Å²) in [6.07, 6.45) is 8.70. The van der Waals surface area contributed by atoms with E-state index in [-0.39, 0.29) is 0 Å². The topological polar surface area (TPSA) is 38.9 Å². The Kier molecular flexibility index (Phi) is 7.58. The summed E-state index contributed by atoms with van der Waals surface area (Å²) < 4.78 is 6.63. The lowest BCUT2D eigenvalue weighted by atomic mass is 9.83. The van der Waals surface area contributed by atoms with E-state index in [9.17, 15) is 0 Å². The van der Waals surface area contributed by atoms with E-state index in [0.717, 1.165) is 33.3 Å². The van der Waals surface area contributed by atoms with Crippen molar-refractivity contribution in [1.29, 1.82) is 0 Å². The fourth-order valence-corrected chi connectivity index (χ4v) is 7.27. The molecule has 0 N–H and O–H groups in total. The summed E-state index contributed by atoms with van der Waals surface area (Å²) in [6.45, 7) is 11.3. The van der Waals surface area contributed by atoms with Gasteiger partial charge in [-0.25, -0.2) is 4.98 Å². The smallest absolute Gasteiger partial charge is 0.227 e. The van der Waals surface area contributed by atoms with Crippen LogP contribution in [0.4, 0.5) is 0 Å². The highest BCUT2D eigenvalue weighted by Crippen LogP contribution is 2.42. The molecule has 0 unspecified atom stereocenters. The van der Waals surface area contributed by atoms with Crippen molar-refractivity contribution in [3.63, 3.8) is 0 Å². The van der Waals surface area contributed by atoms with Crippen LogP contribution in [-0.4, -0.2) is 9.97 Å². The highest BCUT2D eigenvalue weighted by atomic mass is 16.3. The highest BCUT2D eigenvalue weighted by molar-refractivity contribution is 6.08. The second kappa shape index (κ2) is 11.7. The fraction of sp³-hybridized carbons (Fsp3) is 0.317. The van der Waals surface area contributed by atoms with Crippen LogP contribution in [0.3, 0.4) is 0 Å². The molecule has 222 valence electrons. The molecular formula is C41H42N2O. The molecule has 0 radical (unpaired) electrons. The average molecular weight is 579 g/mol. The Balaban J connectivity index is 1.34. The largest absolute Gasteiger partial charge is 0.437 e. The van der Waals surface area contributed by atoms with Gasteiger partial charge in [0.05, 0.1) is 11.4 Å². The van der Waals surface area contributed by atoms with Crippen LogP contribution in [0.2, 0.25) is 0 Å². The molecular weight excluding hydrogens is 536 g/mol. The summed E-state index contributed by atoms with van der Waals surface area (Å²) >= 11 is 0. The summed E-state index contributed by atoms with van der Waals surface area (Å²) in [5, 5.41) is 2.12. The first-order chi connectivity index (χ1) is 21.4. The predicted molar refractivity (Wildman–Crippen MR) is 184 cm³/mol. The maximum atomic E-state index is 6.63. The molecule has 44 heavy (non-hydrogen) atoms. The number of pyridine rings is 2. The van der Waals surface area contributed by atoms with Gasteiger partial charge in [0.2, 0.25) is 5.71 Å². The lowest BCUT2D eigenvalue weighted by Gasteiger charge is -2.23. The van der Waals surface area contributed by atoms with Gasteiger partial charge in [-0.05, 0) is 95.2 Å². The van der Waals surface area contributed by atoms with Crippen molar-refractivity contribution >= 4 is 22.1 Å². The number of furan rings is 1. The van der Waals surface area contributed by atoms with Gasteiger partial charge < -0.3 is 4.42 Å². The number of aryl methyl sites for hydroxylation is 1. The minimum absolute atomic E-state index is 0.344. The number of benzene rings is 3. The van der Waals surface area contributed by atoms with E-state index >= 15 is 0 Å². The molecule has 0 spiro atoms. The standard InChI is InChI=1S/C41H42N2O/c1-25(2)34-22-30(28-13-8-6-9-14-28)23-35(26(3)4)39(34)37-20-19-32-31-17-12-18-33(40(31)44-41(32)43-37)38-21-27(5)36(24-42-38)29-15-10-7-11-16-29/h6,8-9,12-14,17-26,29H,7,10-11,15-16H2,1-5H3. The Morgan fingerprint density at radius 2 is 1.43 bits per heavy atom. The molecule has 0 bridgehead atoms. The SMILES string of the molecule is Cc1cc(-c2cccc3c2oc2nc(-c4c(C(C)C)cc(-c5ccccc5)cc4C(C)C)ccc23)ncc1C1CCCCC1. The number of hydrogen-bond acceptors (Lipinski definition) is 3. The van der Waals surface area contributed by atoms with Crippen LogP contribution in [0, 0.1) is 6.92 Å². The molecule has 0 aliphatic heterocycles. The summed E-state index contributed by atoms with van der Waals surface area (Å²) in [7, 11) is 0. The third kappa shape index (κ3) is 5.13. The van der Waals surface area contributed by atoms with Gasteiger partial charge in [-0.15, -0.1) is 0 Å². The molecule has 0 saturated heterocycles. The lowest BCUT2D eigenvalue weighted by Crippen LogP contribution is -2.07. The number of nitrogens with zero attached hydrogens (tertiary/aromatic N) is 2.